The SMILES string of the molecule is CNc1cc(C)nc(Nc2cc3c(c(C4=CCN(C)CCC4)c2C)OCC3)n1. The predicted molar refractivity (Wildman–Crippen MR) is 115 cm³/mol. The van der Waals surface area contributed by atoms with E-state index < -0.39 is 0 Å². The molecule has 4 rings (SSSR count). The number of allylic oxidation sites excluding steroid dienone is 1. The van der Waals surface area contributed by atoms with E-state index in [1.54, 1.807) is 0 Å². The molecule has 28 heavy (non-hydrogen) atoms. The molecule has 0 spiro atoms. The molecule has 0 aliphatic carbocycles. The molecule has 3 heterocycles. The summed E-state index contributed by atoms with van der Waals surface area (Å²) >= 11 is 0. The molecule has 0 fully saturated rings. The molecule has 0 bridgehead atoms. The van der Waals surface area contributed by atoms with Crippen LogP contribution >= 0.6 is 0 Å². The summed E-state index contributed by atoms with van der Waals surface area (Å²) in [6.07, 6.45) is 5.56. The van der Waals surface area contributed by atoms with Gasteiger partial charge in [0.2, 0.25) is 5.95 Å². The van der Waals surface area contributed by atoms with Gasteiger partial charge in [0.1, 0.15) is 11.6 Å². The van der Waals surface area contributed by atoms with Gasteiger partial charge in [0, 0.05) is 48.6 Å². The van der Waals surface area contributed by atoms with Crippen LogP contribution in [0.1, 0.15) is 35.2 Å². The summed E-state index contributed by atoms with van der Waals surface area (Å²) in [6.45, 7) is 7.01. The van der Waals surface area contributed by atoms with Crippen molar-refractivity contribution in [3.63, 3.8) is 0 Å². The number of nitrogens with zero attached hydrogens (tertiary/aromatic N) is 3. The van der Waals surface area contributed by atoms with Crippen LogP contribution in [0, 0.1) is 13.8 Å². The molecule has 0 saturated heterocycles. The number of rotatable bonds is 4. The van der Waals surface area contributed by atoms with E-state index in [1.807, 2.05) is 20.0 Å². The van der Waals surface area contributed by atoms with Crippen molar-refractivity contribution in [2.24, 2.45) is 0 Å². The number of ether oxygens (including phenoxy) is 1. The van der Waals surface area contributed by atoms with Gasteiger partial charge in [-0.1, -0.05) is 6.08 Å². The molecular weight excluding hydrogens is 350 g/mol. The first-order valence-electron chi connectivity index (χ1n) is 10.0. The Hall–Kier alpha value is -2.60. The van der Waals surface area contributed by atoms with Crippen LogP contribution in [0.25, 0.3) is 5.57 Å². The van der Waals surface area contributed by atoms with E-state index in [4.69, 9.17) is 4.74 Å². The minimum Gasteiger partial charge on any atom is -0.492 e. The number of aryl methyl sites for hydroxylation is 1. The number of hydrogen-bond donors (Lipinski definition) is 2. The molecule has 6 nitrogen and oxygen atoms in total. The van der Waals surface area contributed by atoms with Gasteiger partial charge in [0.05, 0.1) is 6.61 Å². The van der Waals surface area contributed by atoms with Crippen molar-refractivity contribution in [1.82, 2.24) is 14.9 Å². The Balaban J connectivity index is 1.76. The molecule has 2 aliphatic rings. The lowest BCUT2D eigenvalue weighted by atomic mass is 9.92. The quantitative estimate of drug-likeness (QED) is 0.839. The number of hydrogen-bond acceptors (Lipinski definition) is 6. The van der Waals surface area contributed by atoms with Gasteiger partial charge in [0.25, 0.3) is 0 Å². The van der Waals surface area contributed by atoms with E-state index in [0.717, 1.165) is 55.5 Å². The van der Waals surface area contributed by atoms with Crippen LogP contribution in [0.5, 0.6) is 5.75 Å². The summed E-state index contributed by atoms with van der Waals surface area (Å²) in [7, 11) is 4.05. The van der Waals surface area contributed by atoms with Gasteiger partial charge in [-0.05, 0) is 57.5 Å². The summed E-state index contributed by atoms with van der Waals surface area (Å²) in [5.41, 5.74) is 7.11. The first-order chi connectivity index (χ1) is 13.5. The van der Waals surface area contributed by atoms with Crippen molar-refractivity contribution >= 4 is 23.0 Å². The van der Waals surface area contributed by atoms with Gasteiger partial charge < -0.3 is 20.3 Å². The van der Waals surface area contributed by atoms with E-state index in [0.29, 0.717) is 5.95 Å². The number of anilines is 3. The molecule has 6 heteroatoms. The molecule has 2 aromatic rings. The van der Waals surface area contributed by atoms with Gasteiger partial charge in [-0.2, -0.15) is 4.98 Å². The molecule has 1 aromatic carbocycles. The van der Waals surface area contributed by atoms with Crippen molar-refractivity contribution in [3.8, 4) is 5.75 Å². The monoisotopic (exact) mass is 379 g/mol. The van der Waals surface area contributed by atoms with Gasteiger partial charge in [0.15, 0.2) is 0 Å². The molecule has 0 radical (unpaired) electrons. The molecule has 0 unspecified atom stereocenters. The van der Waals surface area contributed by atoms with Gasteiger partial charge in [-0.25, -0.2) is 4.98 Å². The minimum absolute atomic E-state index is 0.617. The normalized spacial score (nSPS) is 16.8. The van der Waals surface area contributed by atoms with Crippen LogP contribution in [0.4, 0.5) is 17.5 Å². The fraction of sp³-hybridized carbons (Fsp3) is 0.455. The maximum absolute atomic E-state index is 6.07. The number of benzene rings is 1. The Kier molecular flexibility index (Phi) is 5.22. The Morgan fingerprint density at radius 3 is 2.82 bits per heavy atom. The molecule has 0 atom stereocenters. The van der Waals surface area contributed by atoms with Gasteiger partial charge in [-0.3, -0.25) is 0 Å². The lowest BCUT2D eigenvalue weighted by Crippen LogP contribution is -2.17. The smallest absolute Gasteiger partial charge is 0.229 e. The molecule has 148 valence electrons. The van der Waals surface area contributed by atoms with Gasteiger partial charge in [-0.15, -0.1) is 0 Å². The van der Waals surface area contributed by atoms with Gasteiger partial charge >= 0.3 is 0 Å². The minimum atomic E-state index is 0.617. The van der Waals surface area contributed by atoms with Crippen LogP contribution in [-0.2, 0) is 6.42 Å². The van der Waals surface area contributed by atoms with E-state index in [2.05, 4.69) is 51.6 Å². The molecule has 2 aliphatic heterocycles. The number of likely N-dealkylation sites (N-methyl/N-ethyl adjacent to an activating group) is 1. The van der Waals surface area contributed by atoms with Crippen LogP contribution < -0.4 is 15.4 Å². The zero-order valence-electron chi connectivity index (χ0n) is 17.2. The summed E-state index contributed by atoms with van der Waals surface area (Å²) in [5.74, 6) is 2.50. The van der Waals surface area contributed by atoms with Crippen LogP contribution in [0.15, 0.2) is 18.2 Å². The van der Waals surface area contributed by atoms with Crippen LogP contribution in [-0.4, -0.2) is 48.7 Å². The number of aromatic nitrogens is 2. The fourth-order valence-electron chi connectivity index (χ4n) is 4.04. The van der Waals surface area contributed by atoms with Crippen LogP contribution in [0.3, 0.4) is 0 Å². The van der Waals surface area contributed by atoms with Crippen molar-refractivity contribution in [2.45, 2.75) is 33.1 Å². The fourth-order valence-corrected chi connectivity index (χ4v) is 4.04. The van der Waals surface area contributed by atoms with E-state index in [1.165, 1.54) is 28.7 Å². The predicted octanol–water partition coefficient (Wildman–Crippen LogP) is 3.92. The molecule has 0 saturated carbocycles. The topological polar surface area (TPSA) is 62.3 Å². The highest BCUT2D eigenvalue weighted by Crippen LogP contribution is 2.42. The third kappa shape index (κ3) is 3.69. The number of fused-ring (bicyclic) bond motifs is 1. The van der Waals surface area contributed by atoms with E-state index in [-0.39, 0.29) is 0 Å². The van der Waals surface area contributed by atoms with Crippen molar-refractivity contribution in [1.29, 1.82) is 0 Å². The Morgan fingerprint density at radius 1 is 1.14 bits per heavy atom. The van der Waals surface area contributed by atoms with Crippen molar-refractivity contribution < 1.29 is 4.74 Å². The third-order valence-corrected chi connectivity index (χ3v) is 5.55. The summed E-state index contributed by atoms with van der Waals surface area (Å²) in [5, 5.41) is 6.57. The Bertz CT molecular complexity index is 922. The average Bonchev–Trinajstić information content (AvgIpc) is 3.02. The second kappa shape index (κ2) is 7.80. The second-order valence-corrected chi connectivity index (χ2v) is 7.70. The highest BCUT2D eigenvalue weighted by molar-refractivity contribution is 5.81. The average molecular weight is 380 g/mol. The second-order valence-electron chi connectivity index (χ2n) is 7.70. The lowest BCUT2D eigenvalue weighted by Gasteiger charge is -2.19. The van der Waals surface area contributed by atoms with Crippen molar-refractivity contribution in [2.75, 3.05) is 44.4 Å². The summed E-state index contributed by atoms with van der Waals surface area (Å²) < 4.78 is 6.07. The standard InChI is InChI=1S/C22H29N5O/c1-14-12-19(23-3)26-22(24-14)25-18-13-17-8-11-28-21(17)20(15(18)2)16-6-5-9-27(4)10-7-16/h7,12-13H,5-6,8-11H2,1-4H3,(H2,23,24,25,26). The molecule has 1 aromatic heterocycles. The zero-order valence-corrected chi connectivity index (χ0v) is 17.2. The van der Waals surface area contributed by atoms with Crippen molar-refractivity contribution in [3.05, 3.63) is 40.6 Å². The molecular formula is C22H29N5O. The largest absolute Gasteiger partial charge is 0.492 e. The highest BCUT2D eigenvalue weighted by atomic mass is 16.5. The van der Waals surface area contributed by atoms with E-state index >= 15 is 0 Å². The maximum Gasteiger partial charge on any atom is 0.229 e. The first-order valence-corrected chi connectivity index (χ1v) is 10.0. The summed E-state index contributed by atoms with van der Waals surface area (Å²) in [4.78, 5) is 11.5. The first kappa shape index (κ1) is 18.7. The third-order valence-electron chi connectivity index (χ3n) is 5.55. The maximum atomic E-state index is 6.07. The highest BCUT2D eigenvalue weighted by Gasteiger charge is 2.24. The molecule has 2 N–H and O–H groups in total. The van der Waals surface area contributed by atoms with E-state index in [9.17, 15) is 0 Å². The number of nitrogens with one attached hydrogen (secondary N) is 2. The Morgan fingerprint density at radius 2 is 2.00 bits per heavy atom. The van der Waals surface area contributed by atoms with Crippen LogP contribution in [0.2, 0.25) is 0 Å². The summed E-state index contributed by atoms with van der Waals surface area (Å²) in [6, 6.07) is 4.14. The lowest BCUT2D eigenvalue weighted by molar-refractivity contribution is 0.355. The Labute approximate surface area is 167 Å². The zero-order chi connectivity index (χ0) is 19.7. The molecule has 0 amide bonds.